The van der Waals surface area contributed by atoms with E-state index in [4.69, 9.17) is 0 Å². The summed E-state index contributed by atoms with van der Waals surface area (Å²) in [5.41, 5.74) is -0.710. The van der Waals surface area contributed by atoms with E-state index in [9.17, 15) is 5.11 Å². The van der Waals surface area contributed by atoms with Gasteiger partial charge in [0.05, 0.1) is 5.60 Å². The molecule has 0 unspecified atom stereocenters. The summed E-state index contributed by atoms with van der Waals surface area (Å²) in [6.07, 6.45) is 17.2. The third-order valence-electron chi connectivity index (χ3n) is 3.63. The molecule has 0 saturated heterocycles. The Kier molecular flexibility index (Phi) is 12.0. The smallest absolute Gasteiger partial charge is 0.0980 e. The molecule has 0 heterocycles. The highest BCUT2D eigenvalue weighted by Gasteiger charge is 2.13. The first-order valence-electron chi connectivity index (χ1n) is 8.26. The molecule has 0 aliphatic carbocycles. The van der Waals surface area contributed by atoms with E-state index >= 15 is 0 Å². The third-order valence-corrected chi connectivity index (χ3v) is 3.63. The Morgan fingerprint density at radius 2 is 0.944 bits per heavy atom. The molecule has 0 aliphatic rings. The molecule has 0 aliphatic heterocycles. The molecular formula is C17H35O. The van der Waals surface area contributed by atoms with E-state index in [1.54, 1.807) is 13.8 Å². The van der Waals surface area contributed by atoms with Crippen LogP contribution in [0, 0.1) is 0 Å². The van der Waals surface area contributed by atoms with Crippen LogP contribution in [0.15, 0.2) is 0 Å². The van der Waals surface area contributed by atoms with Crippen LogP contribution in [0.2, 0.25) is 0 Å². The van der Waals surface area contributed by atoms with Crippen molar-refractivity contribution in [3.05, 3.63) is 0 Å². The Morgan fingerprint density at radius 1 is 0.611 bits per heavy atom. The van der Waals surface area contributed by atoms with Crippen molar-refractivity contribution in [1.29, 1.82) is 0 Å². The van der Waals surface area contributed by atoms with Gasteiger partial charge in [0.25, 0.3) is 0 Å². The SMILES string of the molecule is CCCCCCCCCCCCCCC(C)(C)[O]. The van der Waals surface area contributed by atoms with Gasteiger partial charge in [-0.1, -0.05) is 84.0 Å². The van der Waals surface area contributed by atoms with Crippen molar-refractivity contribution in [1.82, 2.24) is 0 Å². The van der Waals surface area contributed by atoms with Gasteiger partial charge in [-0.15, -0.1) is 0 Å². The second-order valence-corrected chi connectivity index (χ2v) is 6.40. The van der Waals surface area contributed by atoms with Crippen LogP contribution in [0.4, 0.5) is 0 Å². The van der Waals surface area contributed by atoms with E-state index in [0.717, 1.165) is 12.8 Å². The molecule has 0 aromatic carbocycles. The number of unbranched alkanes of at least 4 members (excludes halogenated alkanes) is 11. The van der Waals surface area contributed by atoms with E-state index in [0.29, 0.717) is 0 Å². The van der Waals surface area contributed by atoms with Gasteiger partial charge < -0.3 is 0 Å². The molecule has 0 atom stereocenters. The minimum Gasteiger partial charge on any atom is -0.230 e. The Bertz CT molecular complexity index is 157. The molecule has 0 aromatic rings. The minimum atomic E-state index is -0.710. The van der Waals surface area contributed by atoms with Crippen molar-refractivity contribution < 1.29 is 5.11 Å². The molecule has 1 radical (unpaired) electrons. The molecule has 0 N–H and O–H groups in total. The lowest BCUT2D eigenvalue weighted by molar-refractivity contribution is -0.00511. The van der Waals surface area contributed by atoms with Crippen LogP contribution >= 0.6 is 0 Å². The van der Waals surface area contributed by atoms with Crippen LogP contribution < -0.4 is 0 Å². The Balaban J connectivity index is 2.99. The van der Waals surface area contributed by atoms with E-state index < -0.39 is 5.60 Å². The fourth-order valence-corrected chi connectivity index (χ4v) is 2.39. The Morgan fingerprint density at radius 3 is 1.28 bits per heavy atom. The van der Waals surface area contributed by atoms with Gasteiger partial charge in [0.15, 0.2) is 0 Å². The lowest BCUT2D eigenvalue weighted by Gasteiger charge is -2.13. The van der Waals surface area contributed by atoms with Gasteiger partial charge in [-0.3, -0.25) is 0 Å². The number of rotatable bonds is 13. The van der Waals surface area contributed by atoms with Crippen molar-refractivity contribution in [2.45, 2.75) is 110 Å². The summed E-state index contributed by atoms with van der Waals surface area (Å²) in [6.45, 7) is 5.87. The third kappa shape index (κ3) is 16.0. The molecule has 0 aromatic heterocycles. The van der Waals surface area contributed by atoms with E-state index in [1.807, 2.05) is 0 Å². The van der Waals surface area contributed by atoms with Crippen LogP contribution in [-0.4, -0.2) is 5.60 Å². The number of hydrogen-bond donors (Lipinski definition) is 0. The van der Waals surface area contributed by atoms with Crippen molar-refractivity contribution in [2.24, 2.45) is 0 Å². The molecule has 109 valence electrons. The standard InChI is InChI=1S/C17H35O/c1-4-5-6-7-8-9-10-11-12-13-14-15-16-17(2,3)18/h4-16H2,1-3H3. The average Bonchev–Trinajstić information content (AvgIpc) is 2.29. The molecule has 0 rings (SSSR count). The van der Waals surface area contributed by atoms with Crippen molar-refractivity contribution in [3.63, 3.8) is 0 Å². The quantitative estimate of drug-likeness (QED) is 0.345. The maximum Gasteiger partial charge on any atom is 0.0980 e. The van der Waals surface area contributed by atoms with Crippen LogP contribution in [0.25, 0.3) is 0 Å². The van der Waals surface area contributed by atoms with Gasteiger partial charge in [-0.25, -0.2) is 5.11 Å². The van der Waals surface area contributed by atoms with Gasteiger partial charge in [0, 0.05) is 0 Å². The maximum atomic E-state index is 11.4. The molecule has 18 heavy (non-hydrogen) atoms. The summed E-state index contributed by atoms with van der Waals surface area (Å²) >= 11 is 0. The van der Waals surface area contributed by atoms with Gasteiger partial charge in [-0.2, -0.15) is 0 Å². The first-order valence-corrected chi connectivity index (χ1v) is 8.26. The molecule has 0 fully saturated rings. The van der Waals surface area contributed by atoms with Crippen LogP contribution in [-0.2, 0) is 5.11 Å². The fraction of sp³-hybridized carbons (Fsp3) is 1.00. The van der Waals surface area contributed by atoms with Gasteiger partial charge in [-0.05, 0) is 20.3 Å². The summed E-state index contributed by atoms with van der Waals surface area (Å²) in [4.78, 5) is 0. The maximum absolute atomic E-state index is 11.4. The molecule has 0 amide bonds. The largest absolute Gasteiger partial charge is 0.230 e. The highest BCUT2D eigenvalue weighted by Crippen LogP contribution is 2.16. The van der Waals surface area contributed by atoms with Crippen molar-refractivity contribution in [2.75, 3.05) is 0 Å². The number of hydrogen-bond acceptors (Lipinski definition) is 0. The fourth-order valence-electron chi connectivity index (χ4n) is 2.39. The monoisotopic (exact) mass is 255 g/mol. The average molecular weight is 255 g/mol. The zero-order valence-electron chi connectivity index (χ0n) is 13.1. The molecular weight excluding hydrogens is 220 g/mol. The molecule has 0 spiro atoms. The van der Waals surface area contributed by atoms with Crippen LogP contribution in [0.1, 0.15) is 104 Å². The summed E-state index contributed by atoms with van der Waals surface area (Å²) in [5, 5.41) is 11.4. The minimum absolute atomic E-state index is 0.710. The van der Waals surface area contributed by atoms with Crippen LogP contribution in [0.5, 0.6) is 0 Å². The van der Waals surface area contributed by atoms with Gasteiger partial charge >= 0.3 is 0 Å². The lowest BCUT2D eigenvalue weighted by atomic mass is 9.99. The molecule has 1 nitrogen and oxygen atoms in total. The van der Waals surface area contributed by atoms with E-state index in [1.165, 1.54) is 70.6 Å². The van der Waals surface area contributed by atoms with E-state index in [-0.39, 0.29) is 0 Å². The molecule has 0 bridgehead atoms. The zero-order valence-corrected chi connectivity index (χ0v) is 13.1. The predicted octanol–water partition coefficient (Wildman–Crippen LogP) is 6.29. The van der Waals surface area contributed by atoms with Crippen molar-refractivity contribution in [3.8, 4) is 0 Å². The highest BCUT2D eigenvalue weighted by atomic mass is 16.3. The van der Waals surface area contributed by atoms with Gasteiger partial charge in [0.2, 0.25) is 0 Å². The summed E-state index contributed by atoms with van der Waals surface area (Å²) in [5.74, 6) is 0. The summed E-state index contributed by atoms with van der Waals surface area (Å²) in [6, 6.07) is 0. The summed E-state index contributed by atoms with van der Waals surface area (Å²) < 4.78 is 0. The second kappa shape index (κ2) is 12.0. The van der Waals surface area contributed by atoms with Gasteiger partial charge in [0.1, 0.15) is 0 Å². The highest BCUT2D eigenvalue weighted by molar-refractivity contribution is 4.63. The molecule has 0 saturated carbocycles. The topological polar surface area (TPSA) is 19.9 Å². The van der Waals surface area contributed by atoms with E-state index in [2.05, 4.69) is 6.92 Å². The molecule has 1 heteroatoms. The Labute approximate surface area is 115 Å². The first kappa shape index (κ1) is 18.0. The zero-order chi connectivity index (χ0) is 13.7. The second-order valence-electron chi connectivity index (χ2n) is 6.40. The van der Waals surface area contributed by atoms with Crippen LogP contribution in [0.3, 0.4) is 0 Å². The lowest BCUT2D eigenvalue weighted by Crippen LogP contribution is -2.15. The first-order chi connectivity index (χ1) is 8.56. The Hall–Kier alpha value is -0.0400. The normalized spacial score (nSPS) is 12.0. The summed E-state index contributed by atoms with van der Waals surface area (Å²) in [7, 11) is 0. The van der Waals surface area contributed by atoms with Crippen molar-refractivity contribution >= 4 is 0 Å². The predicted molar refractivity (Wildman–Crippen MR) is 80.5 cm³/mol.